The van der Waals surface area contributed by atoms with Crippen molar-refractivity contribution in [1.29, 1.82) is 0 Å². The van der Waals surface area contributed by atoms with Crippen LogP contribution in [0.5, 0.6) is 0 Å². The molecule has 1 fully saturated rings. The van der Waals surface area contributed by atoms with Crippen LogP contribution in [0.2, 0.25) is 0 Å². The van der Waals surface area contributed by atoms with Crippen LogP contribution in [0.4, 0.5) is 0 Å². The Hall–Kier alpha value is 0.260. The van der Waals surface area contributed by atoms with E-state index in [1.54, 1.807) is 0 Å². The molecule has 1 aliphatic heterocycles. The molecule has 0 radical (unpaired) electrons. The molecule has 0 aromatic carbocycles. The van der Waals surface area contributed by atoms with Crippen LogP contribution in [-0.2, 0) is 9.84 Å². The normalized spacial score (nSPS) is 18.1. The smallest absolute Gasteiger partial charge is 0.150 e. The van der Waals surface area contributed by atoms with Crippen molar-refractivity contribution in [2.75, 3.05) is 36.1 Å². The van der Waals surface area contributed by atoms with Crippen LogP contribution in [0, 0.1) is 5.92 Å². The molecule has 0 spiro atoms. The lowest BCUT2D eigenvalue weighted by Gasteiger charge is -2.26. The summed E-state index contributed by atoms with van der Waals surface area (Å²) in [6.45, 7) is 3.85. The lowest BCUT2D eigenvalue weighted by molar-refractivity contribution is 0.378. The number of hydrogen-bond acceptors (Lipinski definition) is 4. The molecular formula is C9H19NO2S2. The van der Waals surface area contributed by atoms with Gasteiger partial charge in [0, 0.05) is 13.1 Å². The molecule has 0 unspecified atom stereocenters. The summed E-state index contributed by atoms with van der Waals surface area (Å²) in [6, 6.07) is 0. The van der Waals surface area contributed by atoms with Gasteiger partial charge in [0.15, 0.2) is 9.84 Å². The Bertz CT molecular complexity index is 248. The number of sulfone groups is 1. The first-order chi connectivity index (χ1) is 6.64. The molecule has 1 heterocycles. The average Bonchev–Trinajstić information content (AvgIpc) is 2.06. The molecule has 0 amide bonds. The van der Waals surface area contributed by atoms with E-state index in [0.717, 1.165) is 31.0 Å². The molecular weight excluding hydrogens is 218 g/mol. The summed E-state index contributed by atoms with van der Waals surface area (Å²) in [7, 11) is -2.78. The van der Waals surface area contributed by atoms with Gasteiger partial charge in [0.25, 0.3) is 0 Å². The van der Waals surface area contributed by atoms with E-state index in [1.807, 2.05) is 11.8 Å². The highest BCUT2D eigenvalue weighted by Gasteiger charge is 2.23. The summed E-state index contributed by atoms with van der Waals surface area (Å²) in [6.07, 6.45) is 0.807. The molecule has 1 aliphatic rings. The van der Waals surface area contributed by atoms with E-state index in [0.29, 0.717) is 17.4 Å². The lowest BCUT2D eigenvalue weighted by atomic mass is 10.1. The second-order valence-electron chi connectivity index (χ2n) is 3.69. The minimum Gasteiger partial charge on any atom is -0.316 e. The van der Waals surface area contributed by atoms with E-state index in [9.17, 15) is 8.42 Å². The molecule has 14 heavy (non-hydrogen) atoms. The van der Waals surface area contributed by atoms with Crippen molar-refractivity contribution in [3.05, 3.63) is 0 Å². The second kappa shape index (κ2) is 5.98. The van der Waals surface area contributed by atoms with E-state index in [2.05, 4.69) is 12.2 Å². The van der Waals surface area contributed by atoms with Gasteiger partial charge in [0.1, 0.15) is 0 Å². The SMILES string of the molecule is CCSCCCS(=O)(=O)CC1CNC1. The molecule has 1 rings (SSSR count). The summed E-state index contributed by atoms with van der Waals surface area (Å²) < 4.78 is 23.1. The van der Waals surface area contributed by atoms with E-state index in [-0.39, 0.29) is 0 Å². The predicted molar refractivity (Wildman–Crippen MR) is 62.6 cm³/mol. The van der Waals surface area contributed by atoms with Gasteiger partial charge in [0.05, 0.1) is 11.5 Å². The maximum absolute atomic E-state index is 11.6. The van der Waals surface area contributed by atoms with Crippen molar-refractivity contribution in [1.82, 2.24) is 5.32 Å². The number of rotatable bonds is 7. The summed E-state index contributed by atoms with van der Waals surface area (Å²) in [5.74, 6) is 3.18. The minimum atomic E-state index is -2.78. The summed E-state index contributed by atoms with van der Waals surface area (Å²) in [5.41, 5.74) is 0. The van der Waals surface area contributed by atoms with Crippen LogP contribution >= 0.6 is 11.8 Å². The molecule has 1 saturated heterocycles. The Kier molecular flexibility index (Phi) is 5.26. The van der Waals surface area contributed by atoms with Crippen molar-refractivity contribution in [2.24, 2.45) is 5.92 Å². The van der Waals surface area contributed by atoms with Crippen LogP contribution in [0.3, 0.4) is 0 Å². The fourth-order valence-electron chi connectivity index (χ4n) is 1.43. The van der Waals surface area contributed by atoms with Crippen molar-refractivity contribution >= 4 is 21.6 Å². The number of nitrogens with one attached hydrogen (secondary N) is 1. The van der Waals surface area contributed by atoms with Crippen LogP contribution < -0.4 is 5.32 Å². The second-order valence-corrected chi connectivity index (χ2v) is 7.31. The molecule has 84 valence electrons. The largest absolute Gasteiger partial charge is 0.316 e. The molecule has 0 aromatic rings. The lowest BCUT2D eigenvalue weighted by Crippen LogP contribution is -2.45. The Labute approximate surface area is 91.0 Å². The minimum absolute atomic E-state index is 0.372. The van der Waals surface area contributed by atoms with Gasteiger partial charge in [-0.15, -0.1) is 0 Å². The topological polar surface area (TPSA) is 46.2 Å². The Morgan fingerprint density at radius 3 is 2.64 bits per heavy atom. The molecule has 0 aromatic heterocycles. The van der Waals surface area contributed by atoms with E-state index in [4.69, 9.17) is 0 Å². The van der Waals surface area contributed by atoms with Gasteiger partial charge in [-0.05, 0) is 23.8 Å². The maximum Gasteiger partial charge on any atom is 0.150 e. The van der Waals surface area contributed by atoms with Crippen LogP contribution in [0.25, 0.3) is 0 Å². The highest BCUT2D eigenvalue weighted by molar-refractivity contribution is 7.99. The highest BCUT2D eigenvalue weighted by atomic mass is 32.2. The summed E-state index contributed by atoms with van der Waals surface area (Å²) in [4.78, 5) is 0. The third kappa shape index (κ3) is 4.66. The van der Waals surface area contributed by atoms with E-state index in [1.165, 1.54) is 0 Å². The zero-order chi connectivity index (χ0) is 10.4. The van der Waals surface area contributed by atoms with Gasteiger partial charge in [-0.1, -0.05) is 6.92 Å². The molecule has 5 heteroatoms. The first-order valence-electron chi connectivity index (χ1n) is 5.13. The van der Waals surface area contributed by atoms with Crippen LogP contribution in [0.1, 0.15) is 13.3 Å². The Balaban J connectivity index is 2.13. The maximum atomic E-state index is 11.6. The molecule has 0 saturated carbocycles. The van der Waals surface area contributed by atoms with Crippen molar-refractivity contribution in [3.8, 4) is 0 Å². The molecule has 0 atom stereocenters. The summed E-state index contributed by atoms with van der Waals surface area (Å²) >= 11 is 1.81. The van der Waals surface area contributed by atoms with Crippen molar-refractivity contribution < 1.29 is 8.42 Å². The zero-order valence-corrected chi connectivity index (χ0v) is 10.3. The van der Waals surface area contributed by atoms with E-state index < -0.39 is 9.84 Å². The van der Waals surface area contributed by atoms with Gasteiger partial charge in [-0.2, -0.15) is 11.8 Å². The zero-order valence-electron chi connectivity index (χ0n) is 8.66. The van der Waals surface area contributed by atoms with Gasteiger partial charge in [0.2, 0.25) is 0 Å². The van der Waals surface area contributed by atoms with Gasteiger partial charge in [-0.25, -0.2) is 8.42 Å². The molecule has 1 N–H and O–H groups in total. The summed E-state index contributed by atoms with van der Waals surface area (Å²) in [5, 5.41) is 3.09. The first kappa shape index (κ1) is 12.3. The highest BCUT2D eigenvalue weighted by Crippen LogP contribution is 2.10. The third-order valence-electron chi connectivity index (χ3n) is 2.30. The molecule has 3 nitrogen and oxygen atoms in total. The molecule has 0 aliphatic carbocycles. The Morgan fingerprint density at radius 2 is 2.14 bits per heavy atom. The Morgan fingerprint density at radius 1 is 1.43 bits per heavy atom. The van der Waals surface area contributed by atoms with E-state index >= 15 is 0 Å². The third-order valence-corrected chi connectivity index (χ3v) is 5.18. The van der Waals surface area contributed by atoms with Crippen molar-refractivity contribution in [3.63, 3.8) is 0 Å². The quantitative estimate of drug-likeness (QED) is 0.664. The first-order valence-corrected chi connectivity index (χ1v) is 8.10. The van der Waals surface area contributed by atoms with Gasteiger partial charge in [-0.3, -0.25) is 0 Å². The monoisotopic (exact) mass is 237 g/mol. The fraction of sp³-hybridized carbons (Fsp3) is 1.00. The fourth-order valence-corrected chi connectivity index (χ4v) is 3.96. The number of thioether (sulfide) groups is 1. The van der Waals surface area contributed by atoms with Crippen molar-refractivity contribution in [2.45, 2.75) is 13.3 Å². The number of hydrogen-bond donors (Lipinski definition) is 1. The standard InChI is InChI=1S/C9H19NO2S2/c1-2-13-4-3-5-14(11,12)8-9-6-10-7-9/h9-10H,2-8H2,1H3. The van der Waals surface area contributed by atoms with Gasteiger partial charge >= 0.3 is 0 Å². The predicted octanol–water partition coefficient (Wildman–Crippen LogP) is 0.764. The molecule has 0 bridgehead atoms. The van der Waals surface area contributed by atoms with Gasteiger partial charge < -0.3 is 5.32 Å². The van der Waals surface area contributed by atoms with Crippen LogP contribution in [-0.4, -0.2) is 44.5 Å². The average molecular weight is 237 g/mol. The van der Waals surface area contributed by atoms with Crippen LogP contribution in [0.15, 0.2) is 0 Å².